The van der Waals surface area contributed by atoms with Crippen molar-refractivity contribution in [3.63, 3.8) is 0 Å². The van der Waals surface area contributed by atoms with Crippen molar-refractivity contribution in [2.45, 2.75) is 6.92 Å². The normalized spacial score (nSPS) is 10.4. The van der Waals surface area contributed by atoms with Gasteiger partial charge in [0.1, 0.15) is 5.76 Å². The van der Waals surface area contributed by atoms with Gasteiger partial charge in [-0.1, -0.05) is 17.7 Å². The van der Waals surface area contributed by atoms with Crippen molar-refractivity contribution in [2.75, 3.05) is 18.9 Å². The number of carbonyl (C=O) groups is 2. The molecule has 8 heteroatoms. The molecule has 0 saturated carbocycles. The zero-order valence-electron chi connectivity index (χ0n) is 15.9. The zero-order valence-corrected chi connectivity index (χ0v) is 15.9. The maximum absolute atomic E-state index is 12.5. The molecule has 1 aromatic heterocycles. The lowest BCUT2D eigenvalue weighted by Gasteiger charge is -2.15. The van der Waals surface area contributed by atoms with Gasteiger partial charge in [0.25, 0.3) is 11.6 Å². The van der Waals surface area contributed by atoms with Crippen molar-refractivity contribution in [1.29, 1.82) is 0 Å². The number of nitrogens with one attached hydrogen (secondary N) is 1. The van der Waals surface area contributed by atoms with Gasteiger partial charge in [-0.25, -0.2) is 0 Å². The maximum atomic E-state index is 12.5. The molecule has 1 heterocycles. The molecule has 29 heavy (non-hydrogen) atoms. The first-order valence-electron chi connectivity index (χ1n) is 8.80. The van der Waals surface area contributed by atoms with Crippen LogP contribution in [0.2, 0.25) is 0 Å². The average Bonchev–Trinajstić information content (AvgIpc) is 3.19. The quantitative estimate of drug-likeness (QED) is 0.505. The summed E-state index contributed by atoms with van der Waals surface area (Å²) in [5, 5.41) is 13.5. The summed E-state index contributed by atoms with van der Waals surface area (Å²) in [6.45, 7) is 1.81. The lowest BCUT2D eigenvalue weighted by molar-refractivity contribution is -0.384. The summed E-state index contributed by atoms with van der Waals surface area (Å²) in [7, 11) is 1.51. The minimum absolute atomic E-state index is 0.0315. The Labute approximate surface area is 166 Å². The second-order valence-corrected chi connectivity index (χ2v) is 6.54. The lowest BCUT2D eigenvalue weighted by atomic mass is 10.1. The van der Waals surface area contributed by atoms with Crippen molar-refractivity contribution in [3.8, 4) is 11.3 Å². The van der Waals surface area contributed by atoms with Crippen LogP contribution in [-0.2, 0) is 4.79 Å². The van der Waals surface area contributed by atoms with E-state index in [1.807, 2.05) is 19.1 Å². The fourth-order valence-electron chi connectivity index (χ4n) is 2.67. The Morgan fingerprint density at radius 1 is 1.03 bits per heavy atom. The van der Waals surface area contributed by atoms with Crippen LogP contribution in [0.1, 0.15) is 16.1 Å². The summed E-state index contributed by atoms with van der Waals surface area (Å²) in [4.78, 5) is 36.2. The molecule has 0 fully saturated rings. The molecule has 148 valence electrons. The van der Waals surface area contributed by atoms with Crippen LogP contribution < -0.4 is 5.32 Å². The molecule has 0 atom stereocenters. The third kappa shape index (κ3) is 4.86. The molecule has 2 amide bonds. The number of hydrogen-bond acceptors (Lipinski definition) is 5. The summed E-state index contributed by atoms with van der Waals surface area (Å²) in [6, 6.07) is 16.3. The van der Waals surface area contributed by atoms with Crippen molar-refractivity contribution in [2.24, 2.45) is 0 Å². The highest BCUT2D eigenvalue weighted by atomic mass is 16.6. The highest BCUT2D eigenvalue weighted by Crippen LogP contribution is 2.25. The Morgan fingerprint density at radius 3 is 2.31 bits per heavy atom. The van der Waals surface area contributed by atoms with Gasteiger partial charge in [-0.3, -0.25) is 19.7 Å². The number of rotatable bonds is 6. The molecule has 8 nitrogen and oxygen atoms in total. The van der Waals surface area contributed by atoms with E-state index in [9.17, 15) is 19.7 Å². The summed E-state index contributed by atoms with van der Waals surface area (Å²) < 4.78 is 5.57. The van der Waals surface area contributed by atoms with Gasteiger partial charge < -0.3 is 14.6 Å². The molecule has 0 bridgehead atoms. The Hall–Kier alpha value is -3.94. The Balaban J connectivity index is 1.63. The van der Waals surface area contributed by atoms with Gasteiger partial charge >= 0.3 is 0 Å². The van der Waals surface area contributed by atoms with E-state index in [1.165, 1.54) is 30.1 Å². The molecule has 3 rings (SSSR count). The minimum atomic E-state index is -0.489. The van der Waals surface area contributed by atoms with Crippen LogP contribution in [0.3, 0.4) is 0 Å². The van der Waals surface area contributed by atoms with Crippen LogP contribution in [0.5, 0.6) is 0 Å². The van der Waals surface area contributed by atoms with Crippen LogP contribution in [0, 0.1) is 17.0 Å². The first kappa shape index (κ1) is 19.8. The number of anilines is 1. The number of nitrogens with zero attached hydrogens (tertiary/aromatic N) is 2. The standard InChI is InChI=1S/C21H19N3O5/c1-14-3-7-16(8-4-14)22-20(25)13-23(2)21(26)19-12-11-18(29-19)15-5-9-17(10-6-15)24(27)28/h3-12H,13H2,1-2H3,(H,22,25). The molecule has 2 aromatic carbocycles. The van der Waals surface area contributed by atoms with Crippen molar-refractivity contribution in [1.82, 2.24) is 4.90 Å². The van der Waals surface area contributed by atoms with E-state index in [2.05, 4.69) is 5.32 Å². The molecule has 0 unspecified atom stereocenters. The topological polar surface area (TPSA) is 106 Å². The van der Waals surface area contributed by atoms with Crippen molar-refractivity contribution >= 4 is 23.2 Å². The predicted molar refractivity (Wildman–Crippen MR) is 108 cm³/mol. The molecule has 0 spiro atoms. The second-order valence-electron chi connectivity index (χ2n) is 6.54. The highest BCUT2D eigenvalue weighted by Gasteiger charge is 2.19. The van der Waals surface area contributed by atoms with Crippen LogP contribution in [0.15, 0.2) is 65.1 Å². The minimum Gasteiger partial charge on any atom is -0.451 e. The zero-order chi connectivity index (χ0) is 21.0. The van der Waals surface area contributed by atoms with Crippen molar-refractivity contribution in [3.05, 3.63) is 82.1 Å². The summed E-state index contributed by atoms with van der Waals surface area (Å²) in [5.74, 6) is -0.297. The molecule has 3 aromatic rings. The van der Waals surface area contributed by atoms with Gasteiger partial charge in [0, 0.05) is 30.4 Å². The number of benzene rings is 2. The van der Waals surface area contributed by atoms with Gasteiger partial charge in [0.05, 0.1) is 11.5 Å². The van der Waals surface area contributed by atoms with Gasteiger partial charge in [-0.2, -0.15) is 0 Å². The number of nitro benzene ring substituents is 1. The lowest BCUT2D eigenvalue weighted by Crippen LogP contribution is -2.34. The number of amides is 2. The second kappa shape index (κ2) is 8.39. The third-order valence-corrected chi connectivity index (χ3v) is 4.24. The Kier molecular flexibility index (Phi) is 5.73. The van der Waals surface area contributed by atoms with E-state index in [-0.39, 0.29) is 23.9 Å². The molecular formula is C21H19N3O5. The number of non-ortho nitro benzene ring substituents is 1. The summed E-state index contributed by atoms with van der Waals surface area (Å²) in [5.41, 5.74) is 2.31. The summed E-state index contributed by atoms with van der Waals surface area (Å²) >= 11 is 0. The van der Waals surface area contributed by atoms with Gasteiger partial charge in [0.2, 0.25) is 5.91 Å². The SMILES string of the molecule is Cc1ccc(NC(=O)CN(C)C(=O)c2ccc(-c3ccc([N+](=O)[O-])cc3)o2)cc1. The largest absolute Gasteiger partial charge is 0.451 e. The molecular weight excluding hydrogens is 374 g/mol. The Morgan fingerprint density at radius 2 is 1.69 bits per heavy atom. The van der Waals surface area contributed by atoms with Gasteiger partial charge in [-0.15, -0.1) is 0 Å². The number of aryl methyl sites for hydroxylation is 1. The smallest absolute Gasteiger partial charge is 0.289 e. The van der Waals surface area contributed by atoms with Crippen molar-refractivity contribution < 1.29 is 18.9 Å². The fraction of sp³-hybridized carbons (Fsp3) is 0.143. The molecule has 0 radical (unpaired) electrons. The number of carbonyl (C=O) groups excluding carboxylic acids is 2. The fourth-order valence-corrected chi connectivity index (χ4v) is 2.67. The van der Waals surface area contributed by atoms with Gasteiger partial charge in [0.15, 0.2) is 5.76 Å². The Bertz CT molecular complexity index is 1040. The van der Waals surface area contributed by atoms with Crippen LogP contribution in [0.4, 0.5) is 11.4 Å². The number of hydrogen-bond donors (Lipinski definition) is 1. The molecule has 0 saturated heterocycles. The first-order chi connectivity index (χ1) is 13.8. The average molecular weight is 393 g/mol. The highest BCUT2D eigenvalue weighted by molar-refractivity contribution is 5.98. The van der Waals surface area contributed by atoms with Crippen LogP contribution in [-0.4, -0.2) is 35.2 Å². The summed E-state index contributed by atoms with van der Waals surface area (Å²) in [6.07, 6.45) is 0. The van der Waals surface area contributed by atoms with E-state index in [0.29, 0.717) is 17.0 Å². The van der Waals surface area contributed by atoms with E-state index in [0.717, 1.165) is 5.56 Å². The monoisotopic (exact) mass is 393 g/mol. The predicted octanol–water partition coefficient (Wildman–Crippen LogP) is 3.87. The molecule has 0 aliphatic heterocycles. The first-order valence-corrected chi connectivity index (χ1v) is 8.80. The number of furan rings is 1. The molecule has 1 N–H and O–H groups in total. The van der Waals surface area contributed by atoms with E-state index >= 15 is 0 Å². The molecule has 0 aliphatic carbocycles. The molecule has 0 aliphatic rings. The number of likely N-dealkylation sites (N-methyl/N-ethyl adjacent to an activating group) is 1. The van der Waals surface area contributed by atoms with Crippen LogP contribution in [0.25, 0.3) is 11.3 Å². The third-order valence-electron chi connectivity index (χ3n) is 4.24. The maximum Gasteiger partial charge on any atom is 0.289 e. The van der Waals surface area contributed by atoms with Crippen LogP contribution >= 0.6 is 0 Å². The van der Waals surface area contributed by atoms with E-state index in [4.69, 9.17) is 4.42 Å². The van der Waals surface area contributed by atoms with E-state index in [1.54, 1.807) is 30.3 Å². The van der Waals surface area contributed by atoms with E-state index < -0.39 is 10.8 Å². The van der Waals surface area contributed by atoms with Gasteiger partial charge in [-0.05, 0) is 43.3 Å². The number of nitro groups is 1.